The van der Waals surface area contributed by atoms with Gasteiger partial charge in [-0.1, -0.05) is 6.92 Å². The summed E-state index contributed by atoms with van der Waals surface area (Å²) in [5.74, 6) is -4.62. The van der Waals surface area contributed by atoms with Crippen molar-refractivity contribution < 1.29 is 26.3 Å². The van der Waals surface area contributed by atoms with Crippen molar-refractivity contribution in [2.24, 2.45) is 5.92 Å². The molecule has 1 aliphatic heterocycles. The van der Waals surface area contributed by atoms with Gasteiger partial charge in [-0.15, -0.1) is 0 Å². The van der Waals surface area contributed by atoms with Gasteiger partial charge in [0.2, 0.25) is 0 Å². The van der Waals surface area contributed by atoms with Crippen molar-refractivity contribution in [1.29, 1.82) is 0 Å². The van der Waals surface area contributed by atoms with Crippen LogP contribution in [-0.2, 0) is 6.18 Å². The maximum absolute atomic E-state index is 13.6. The minimum atomic E-state index is -4.67. The van der Waals surface area contributed by atoms with Gasteiger partial charge in [0.15, 0.2) is 11.6 Å². The number of piperidine rings is 1. The topological polar surface area (TPSA) is 37.0 Å². The van der Waals surface area contributed by atoms with Gasteiger partial charge in [-0.2, -0.15) is 13.2 Å². The summed E-state index contributed by atoms with van der Waals surface area (Å²) in [6.07, 6.45) is -4.44. The lowest BCUT2D eigenvalue weighted by Gasteiger charge is -2.35. The highest BCUT2D eigenvalue weighted by Crippen LogP contribution is 2.31. The number of aromatic nitrogens is 1. The van der Waals surface area contributed by atoms with Crippen molar-refractivity contribution in [2.45, 2.75) is 31.5 Å². The summed E-state index contributed by atoms with van der Waals surface area (Å²) in [7, 11) is 0. The largest absolute Gasteiger partial charge is 0.417 e. The number of halogens is 6. The fraction of sp³-hybridized carbons (Fsp3) is 0.615. The molecule has 124 valence electrons. The van der Waals surface area contributed by atoms with E-state index in [2.05, 4.69) is 15.6 Å². The van der Waals surface area contributed by atoms with Crippen LogP contribution in [0.5, 0.6) is 0 Å². The fourth-order valence-corrected chi connectivity index (χ4v) is 2.37. The molecule has 1 aromatic rings. The van der Waals surface area contributed by atoms with Gasteiger partial charge in [0.1, 0.15) is 0 Å². The average Bonchev–Trinajstić information content (AvgIpc) is 2.37. The average molecular weight is 327 g/mol. The first-order chi connectivity index (χ1) is 10.1. The molecule has 0 bridgehead atoms. The quantitative estimate of drug-likeness (QED) is 0.837. The molecule has 22 heavy (non-hydrogen) atoms. The van der Waals surface area contributed by atoms with Crippen LogP contribution < -0.4 is 10.6 Å². The minimum absolute atomic E-state index is 0.0898. The van der Waals surface area contributed by atoms with E-state index in [1.165, 1.54) is 0 Å². The molecule has 0 saturated carbocycles. The molecule has 1 aliphatic rings. The van der Waals surface area contributed by atoms with Gasteiger partial charge in [-0.05, 0) is 12.0 Å². The van der Waals surface area contributed by atoms with Gasteiger partial charge < -0.3 is 10.6 Å². The fourth-order valence-electron chi connectivity index (χ4n) is 2.37. The standard InChI is InChI=1S/C13H15F6N3/c1-7-3-12(15,16)6-22-10(7)5-21-11-9(14)2-8(4-20-11)13(17,18)19/h2,4,7,10,22H,3,5-6H2,1H3,(H,20,21)/t7-,10?/m1/s1. The van der Waals surface area contributed by atoms with Crippen LogP contribution in [0.3, 0.4) is 0 Å². The summed E-state index contributed by atoms with van der Waals surface area (Å²) in [4.78, 5) is 3.40. The summed E-state index contributed by atoms with van der Waals surface area (Å²) in [5.41, 5.74) is -1.18. The number of rotatable bonds is 3. The van der Waals surface area contributed by atoms with Crippen LogP contribution in [0, 0.1) is 11.7 Å². The van der Waals surface area contributed by atoms with Crippen LogP contribution in [-0.4, -0.2) is 30.0 Å². The van der Waals surface area contributed by atoms with Crippen LogP contribution in [0.25, 0.3) is 0 Å². The number of nitrogens with zero attached hydrogens (tertiary/aromatic N) is 1. The molecule has 2 rings (SSSR count). The Morgan fingerprint density at radius 2 is 2.09 bits per heavy atom. The van der Waals surface area contributed by atoms with Crippen molar-refractivity contribution in [3.8, 4) is 0 Å². The number of alkyl halides is 5. The van der Waals surface area contributed by atoms with Crippen molar-refractivity contribution in [1.82, 2.24) is 10.3 Å². The van der Waals surface area contributed by atoms with Gasteiger partial charge in [0, 0.05) is 25.2 Å². The molecule has 2 heterocycles. The van der Waals surface area contributed by atoms with Gasteiger partial charge >= 0.3 is 6.18 Å². The monoisotopic (exact) mass is 327 g/mol. The molecule has 2 atom stereocenters. The molecule has 1 aromatic heterocycles. The van der Waals surface area contributed by atoms with E-state index in [-0.39, 0.29) is 30.7 Å². The number of pyridine rings is 1. The molecule has 0 amide bonds. The molecule has 0 aliphatic carbocycles. The van der Waals surface area contributed by atoms with E-state index in [0.29, 0.717) is 12.3 Å². The van der Waals surface area contributed by atoms with E-state index in [9.17, 15) is 26.3 Å². The van der Waals surface area contributed by atoms with E-state index in [1.54, 1.807) is 6.92 Å². The van der Waals surface area contributed by atoms with Gasteiger partial charge in [0.25, 0.3) is 5.92 Å². The molecule has 1 fully saturated rings. The summed E-state index contributed by atoms with van der Waals surface area (Å²) in [6.45, 7) is 1.24. The Labute approximate surface area is 123 Å². The van der Waals surface area contributed by atoms with E-state index >= 15 is 0 Å². The summed E-state index contributed by atoms with van der Waals surface area (Å²) in [5, 5.41) is 5.20. The third kappa shape index (κ3) is 4.02. The van der Waals surface area contributed by atoms with Gasteiger partial charge in [0.05, 0.1) is 12.1 Å². The van der Waals surface area contributed by atoms with Crippen molar-refractivity contribution >= 4 is 5.82 Å². The molecule has 9 heteroatoms. The van der Waals surface area contributed by atoms with E-state index < -0.39 is 30.0 Å². The Bertz CT molecular complexity index is 531. The molecule has 1 unspecified atom stereocenters. The first-order valence-electron chi connectivity index (χ1n) is 6.66. The zero-order valence-corrected chi connectivity index (χ0v) is 11.6. The molecule has 1 saturated heterocycles. The Morgan fingerprint density at radius 3 is 2.64 bits per heavy atom. The molecular weight excluding hydrogens is 312 g/mol. The zero-order chi connectivity index (χ0) is 16.5. The highest BCUT2D eigenvalue weighted by atomic mass is 19.4. The van der Waals surface area contributed by atoms with E-state index in [0.717, 1.165) is 0 Å². The number of hydrogen-bond acceptors (Lipinski definition) is 3. The first kappa shape index (κ1) is 16.9. The maximum atomic E-state index is 13.6. The first-order valence-corrected chi connectivity index (χ1v) is 6.66. The SMILES string of the molecule is C[C@@H]1CC(F)(F)CNC1CNc1ncc(C(F)(F)F)cc1F. The minimum Gasteiger partial charge on any atom is -0.366 e. The maximum Gasteiger partial charge on any atom is 0.417 e. The van der Waals surface area contributed by atoms with Crippen LogP contribution in [0.1, 0.15) is 18.9 Å². The Balaban J connectivity index is 1.98. The summed E-state index contributed by atoms with van der Waals surface area (Å²) < 4.78 is 77.1. The van der Waals surface area contributed by atoms with Crippen LogP contribution >= 0.6 is 0 Å². The predicted octanol–water partition coefficient (Wildman–Crippen LogP) is 3.28. The molecule has 3 nitrogen and oxygen atoms in total. The molecule has 2 N–H and O–H groups in total. The lowest BCUT2D eigenvalue weighted by atomic mass is 9.90. The second-order valence-electron chi connectivity index (χ2n) is 5.46. The Kier molecular flexibility index (Phi) is 4.55. The second kappa shape index (κ2) is 5.94. The summed E-state index contributed by atoms with van der Waals surface area (Å²) >= 11 is 0. The number of anilines is 1. The third-order valence-electron chi connectivity index (χ3n) is 3.59. The van der Waals surface area contributed by atoms with Gasteiger partial charge in [-0.3, -0.25) is 0 Å². The van der Waals surface area contributed by atoms with Crippen LogP contribution in [0.15, 0.2) is 12.3 Å². The van der Waals surface area contributed by atoms with Gasteiger partial charge in [-0.25, -0.2) is 18.2 Å². The van der Waals surface area contributed by atoms with Crippen molar-refractivity contribution in [3.05, 3.63) is 23.6 Å². The highest BCUT2D eigenvalue weighted by Gasteiger charge is 2.39. The highest BCUT2D eigenvalue weighted by molar-refractivity contribution is 5.38. The number of nitrogens with one attached hydrogen (secondary N) is 2. The van der Waals surface area contributed by atoms with E-state index in [1.807, 2.05) is 0 Å². The van der Waals surface area contributed by atoms with Crippen LogP contribution in [0.4, 0.5) is 32.2 Å². The lowest BCUT2D eigenvalue weighted by Crippen LogP contribution is -2.52. The Hall–Kier alpha value is -1.51. The normalized spacial score (nSPS) is 25.0. The smallest absolute Gasteiger partial charge is 0.366 e. The predicted molar refractivity (Wildman–Crippen MR) is 68.2 cm³/mol. The lowest BCUT2D eigenvalue weighted by molar-refractivity contribution is -0.138. The van der Waals surface area contributed by atoms with E-state index in [4.69, 9.17) is 0 Å². The molecule has 0 radical (unpaired) electrons. The number of hydrogen-bond donors (Lipinski definition) is 2. The zero-order valence-electron chi connectivity index (χ0n) is 11.6. The van der Waals surface area contributed by atoms with Crippen LogP contribution in [0.2, 0.25) is 0 Å². The third-order valence-corrected chi connectivity index (χ3v) is 3.59. The summed E-state index contributed by atoms with van der Waals surface area (Å²) in [6, 6.07) is 0.00409. The molecular formula is C13H15F6N3. The van der Waals surface area contributed by atoms with Crippen molar-refractivity contribution in [2.75, 3.05) is 18.4 Å². The Morgan fingerprint density at radius 1 is 1.41 bits per heavy atom. The van der Waals surface area contributed by atoms with Crippen molar-refractivity contribution in [3.63, 3.8) is 0 Å². The molecule has 0 spiro atoms. The molecule has 0 aromatic carbocycles. The second-order valence-corrected chi connectivity index (χ2v) is 5.46.